The van der Waals surface area contributed by atoms with Crippen LogP contribution in [-0.4, -0.2) is 38.1 Å². The lowest BCUT2D eigenvalue weighted by molar-refractivity contribution is 0.311. The summed E-state index contributed by atoms with van der Waals surface area (Å²) in [5.74, 6) is 0.117. The van der Waals surface area contributed by atoms with E-state index in [4.69, 9.17) is 4.42 Å². The molecule has 2 aromatic carbocycles. The van der Waals surface area contributed by atoms with E-state index >= 15 is 0 Å². The monoisotopic (exact) mass is 338 g/mol. The molecule has 1 saturated heterocycles. The molecule has 0 saturated carbocycles. The number of likely N-dealkylation sites (N-methyl/N-ethyl adjacent to an activating group) is 1. The van der Waals surface area contributed by atoms with Gasteiger partial charge in [0.25, 0.3) is 0 Å². The summed E-state index contributed by atoms with van der Waals surface area (Å²) in [5.41, 5.74) is 1.51. The van der Waals surface area contributed by atoms with Crippen molar-refractivity contribution in [2.45, 2.75) is 0 Å². The molecule has 1 fully saturated rings. The van der Waals surface area contributed by atoms with Gasteiger partial charge >= 0.3 is 0 Å². The van der Waals surface area contributed by atoms with Gasteiger partial charge in [0.2, 0.25) is 0 Å². The highest BCUT2D eigenvalue weighted by molar-refractivity contribution is 5.82. The molecule has 4 nitrogen and oxygen atoms in total. The van der Waals surface area contributed by atoms with E-state index in [1.807, 2.05) is 35.2 Å². The highest BCUT2D eigenvalue weighted by atomic mass is 19.1. The van der Waals surface area contributed by atoms with Crippen LogP contribution in [0.5, 0.6) is 0 Å². The van der Waals surface area contributed by atoms with Crippen molar-refractivity contribution in [1.29, 1.82) is 0 Å². The fraction of sp³-hybridized carbons (Fsp3) is 0.250. The van der Waals surface area contributed by atoms with Gasteiger partial charge in [-0.3, -0.25) is 4.79 Å². The summed E-state index contributed by atoms with van der Waals surface area (Å²) in [5, 5.41) is 0.273. The Balaban J connectivity index is 1.82. The topological polar surface area (TPSA) is 36.7 Å². The second-order valence-electron chi connectivity index (χ2n) is 6.43. The average molecular weight is 338 g/mol. The highest BCUT2D eigenvalue weighted by Crippen LogP contribution is 2.28. The van der Waals surface area contributed by atoms with Crippen molar-refractivity contribution in [3.63, 3.8) is 0 Å². The second-order valence-corrected chi connectivity index (χ2v) is 6.43. The predicted octanol–water partition coefficient (Wildman–Crippen LogP) is 3.35. The largest absolute Gasteiger partial charge is 0.456 e. The summed E-state index contributed by atoms with van der Waals surface area (Å²) in [6, 6.07) is 13.8. The third-order valence-electron chi connectivity index (χ3n) is 4.70. The van der Waals surface area contributed by atoms with Crippen LogP contribution in [-0.2, 0) is 0 Å². The lowest BCUT2D eigenvalue weighted by Gasteiger charge is -2.34. The number of hydrogen-bond donors (Lipinski definition) is 0. The van der Waals surface area contributed by atoms with Gasteiger partial charge in [0.1, 0.15) is 17.2 Å². The number of piperazine rings is 1. The molecule has 0 atom stereocenters. The minimum atomic E-state index is -0.378. The number of nitrogens with zero attached hydrogens (tertiary/aromatic N) is 2. The molecule has 5 heteroatoms. The molecule has 4 rings (SSSR count). The number of benzene rings is 2. The molecule has 0 radical (unpaired) electrons. The Labute approximate surface area is 145 Å². The van der Waals surface area contributed by atoms with Crippen molar-refractivity contribution in [1.82, 2.24) is 4.90 Å². The van der Waals surface area contributed by atoms with Crippen LogP contribution >= 0.6 is 0 Å². The number of rotatable bonds is 2. The van der Waals surface area contributed by atoms with Gasteiger partial charge < -0.3 is 14.2 Å². The van der Waals surface area contributed by atoms with E-state index in [1.165, 1.54) is 12.1 Å². The van der Waals surface area contributed by atoms with E-state index in [2.05, 4.69) is 11.9 Å². The van der Waals surface area contributed by atoms with Gasteiger partial charge in [-0.2, -0.15) is 0 Å². The first-order valence-corrected chi connectivity index (χ1v) is 8.38. The van der Waals surface area contributed by atoms with Crippen molar-refractivity contribution in [2.24, 2.45) is 0 Å². The Hall–Kier alpha value is -2.66. The van der Waals surface area contributed by atoms with Gasteiger partial charge in [-0.1, -0.05) is 30.3 Å². The van der Waals surface area contributed by atoms with Crippen LogP contribution in [0.4, 0.5) is 10.1 Å². The Morgan fingerprint density at radius 3 is 2.44 bits per heavy atom. The van der Waals surface area contributed by atoms with E-state index in [0.29, 0.717) is 17.0 Å². The molecule has 0 amide bonds. The molecule has 0 bridgehead atoms. The molecule has 1 aliphatic heterocycles. The van der Waals surface area contributed by atoms with E-state index in [-0.39, 0.29) is 16.6 Å². The molecule has 0 N–H and O–H groups in total. The van der Waals surface area contributed by atoms with Gasteiger partial charge in [-0.05, 0) is 13.1 Å². The minimum Gasteiger partial charge on any atom is -0.456 e. The summed E-state index contributed by atoms with van der Waals surface area (Å²) in [6.45, 7) is 3.26. The molecular formula is C20H19FN2O2. The Kier molecular flexibility index (Phi) is 4.01. The minimum absolute atomic E-state index is 0.232. The van der Waals surface area contributed by atoms with Crippen molar-refractivity contribution in [3.8, 4) is 11.3 Å². The lowest BCUT2D eigenvalue weighted by Crippen LogP contribution is -2.44. The van der Waals surface area contributed by atoms with Crippen LogP contribution in [0.3, 0.4) is 0 Å². The molecule has 25 heavy (non-hydrogen) atoms. The first kappa shape index (κ1) is 15.8. The maximum atomic E-state index is 14.6. The molecule has 1 aliphatic rings. The molecular weight excluding hydrogens is 319 g/mol. The summed E-state index contributed by atoms with van der Waals surface area (Å²) in [7, 11) is 2.05. The number of hydrogen-bond acceptors (Lipinski definition) is 4. The fourth-order valence-electron chi connectivity index (χ4n) is 3.20. The highest BCUT2D eigenvalue weighted by Gasteiger charge is 2.19. The number of halogens is 1. The van der Waals surface area contributed by atoms with Gasteiger partial charge in [-0.25, -0.2) is 4.39 Å². The fourth-order valence-corrected chi connectivity index (χ4v) is 3.20. The standard InChI is InChI=1S/C20H19FN2O2/c1-22-7-9-23(10-8-22)17-12-20-15(11-16(17)21)18(24)13-19(25-20)14-5-3-2-4-6-14/h2-6,11-13H,7-10H2,1H3. The third-order valence-corrected chi connectivity index (χ3v) is 4.70. The van der Waals surface area contributed by atoms with Gasteiger partial charge in [0.05, 0.1) is 11.1 Å². The Morgan fingerprint density at radius 2 is 1.72 bits per heavy atom. The molecule has 1 aromatic heterocycles. The maximum absolute atomic E-state index is 14.6. The molecule has 128 valence electrons. The Bertz CT molecular complexity index is 961. The maximum Gasteiger partial charge on any atom is 0.193 e. The van der Waals surface area contributed by atoms with Crippen LogP contribution in [0.1, 0.15) is 0 Å². The zero-order chi connectivity index (χ0) is 17.4. The zero-order valence-electron chi connectivity index (χ0n) is 14.0. The SMILES string of the molecule is CN1CCN(c2cc3oc(-c4ccccc4)cc(=O)c3cc2F)CC1. The van der Waals surface area contributed by atoms with Crippen LogP contribution < -0.4 is 10.3 Å². The molecule has 3 aromatic rings. The first-order chi connectivity index (χ1) is 12.1. The van der Waals surface area contributed by atoms with E-state index in [1.54, 1.807) is 6.07 Å². The molecule has 2 heterocycles. The summed E-state index contributed by atoms with van der Waals surface area (Å²) >= 11 is 0. The van der Waals surface area contributed by atoms with E-state index < -0.39 is 0 Å². The van der Waals surface area contributed by atoms with Crippen molar-refractivity contribution >= 4 is 16.7 Å². The quantitative estimate of drug-likeness (QED) is 0.718. The van der Waals surface area contributed by atoms with E-state index in [0.717, 1.165) is 31.7 Å². The van der Waals surface area contributed by atoms with Gasteiger partial charge in [0, 0.05) is 43.9 Å². The summed E-state index contributed by atoms with van der Waals surface area (Å²) < 4.78 is 20.5. The number of fused-ring (bicyclic) bond motifs is 1. The van der Waals surface area contributed by atoms with Crippen molar-refractivity contribution < 1.29 is 8.81 Å². The normalized spacial score (nSPS) is 15.7. The summed E-state index contributed by atoms with van der Waals surface area (Å²) in [4.78, 5) is 16.6. The van der Waals surface area contributed by atoms with Gasteiger partial charge in [-0.15, -0.1) is 0 Å². The smallest absolute Gasteiger partial charge is 0.193 e. The third kappa shape index (κ3) is 3.03. The van der Waals surface area contributed by atoms with Crippen LogP contribution in [0.2, 0.25) is 0 Å². The predicted molar refractivity (Wildman–Crippen MR) is 97.6 cm³/mol. The van der Waals surface area contributed by atoms with Crippen LogP contribution in [0, 0.1) is 5.82 Å². The average Bonchev–Trinajstić information content (AvgIpc) is 2.63. The van der Waals surface area contributed by atoms with Crippen molar-refractivity contribution in [2.75, 3.05) is 38.1 Å². The number of anilines is 1. The van der Waals surface area contributed by atoms with Crippen molar-refractivity contribution in [3.05, 3.63) is 64.6 Å². The van der Waals surface area contributed by atoms with E-state index in [9.17, 15) is 9.18 Å². The molecule has 0 spiro atoms. The lowest BCUT2D eigenvalue weighted by atomic mass is 10.1. The molecule has 0 aliphatic carbocycles. The van der Waals surface area contributed by atoms with Crippen LogP contribution in [0.25, 0.3) is 22.3 Å². The van der Waals surface area contributed by atoms with Crippen LogP contribution in [0.15, 0.2) is 57.7 Å². The second kappa shape index (κ2) is 6.33. The van der Waals surface area contributed by atoms with Gasteiger partial charge in [0.15, 0.2) is 5.43 Å². The first-order valence-electron chi connectivity index (χ1n) is 8.38. The summed E-state index contributed by atoms with van der Waals surface area (Å²) in [6.07, 6.45) is 0. The Morgan fingerprint density at radius 1 is 1.00 bits per heavy atom. The zero-order valence-corrected chi connectivity index (χ0v) is 14.0. The molecule has 0 unspecified atom stereocenters.